The number of anilines is 4. The highest BCUT2D eigenvalue weighted by molar-refractivity contribution is 5.79. The summed E-state index contributed by atoms with van der Waals surface area (Å²) < 4.78 is 31.3. The highest BCUT2D eigenvalue weighted by atomic mass is 19.1. The summed E-state index contributed by atoms with van der Waals surface area (Å²) in [6, 6.07) is 17.8. The van der Waals surface area contributed by atoms with E-state index >= 15 is 8.78 Å². The molecule has 6 aromatic heterocycles. The fourth-order valence-corrected chi connectivity index (χ4v) is 6.32. The lowest BCUT2D eigenvalue weighted by Gasteiger charge is -2.35. The van der Waals surface area contributed by atoms with E-state index in [4.69, 9.17) is 19.9 Å². The minimum atomic E-state index is -0.555. The lowest BCUT2D eigenvalue weighted by molar-refractivity contribution is -0.385. The Morgan fingerprint density at radius 3 is 1.34 bits per heavy atom. The van der Waals surface area contributed by atoms with Crippen molar-refractivity contribution in [3.63, 3.8) is 0 Å². The van der Waals surface area contributed by atoms with Crippen LogP contribution in [0.3, 0.4) is 0 Å². The van der Waals surface area contributed by atoms with E-state index in [0.29, 0.717) is 34.4 Å². The number of H-pyrrole nitrogens is 2. The summed E-state index contributed by atoms with van der Waals surface area (Å²) in [6.45, 7) is 0.344. The molecule has 0 bridgehead atoms. The molecule has 310 valence electrons. The van der Waals surface area contributed by atoms with Gasteiger partial charge in [-0.15, -0.1) is 0 Å². The number of aromatic amines is 2. The van der Waals surface area contributed by atoms with Crippen LogP contribution in [0.4, 0.5) is 43.7 Å². The molecule has 62 heavy (non-hydrogen) atoms. The van der Waals surface area contributed by atoms with E-state index in [1.54, 1.807) is 71.2 Å². The maximum Gasteiger partial charge on any atom is 0.287 e. The van der Waals surface area contributed by atoms with Crippen LogP contribution in [0.15, 0.2) is 122 Å². The Morgan fingerprint density at radius 1 is 0.548 bits per heavy atom. The van der Waals surface area contributed by atoms with E-state index < -0.39 is 21.5 Å². The van der Waals surface area contributed by atoms with Gasteiger partial charge in [-0.1, -0.05) is 24.3 Å². The summed E-state index contributed by atoms with van der Waals surface area (Å²) in [6.07, 6.45) is 11.6. The Morgan fingerprint density at radius 2 is 0.984 bits per heavy atom. The highest BCUT2D eigenvalue weighted by Gasteiger charge is 2.27. The molecule has 20 nitrogen and oxygen atoms in total. The maximum absolute atomic E-state index is 15.6. The minimum Gasteiger partial charge on any atom is -0.368 e. The first-order chi connectivity index (χ1) is 30.2. The third kappa shape index (κ3) is 8.78. The average molecular weight is 839 g/mol. The van der Waals surface area contributed by atoms with Gasteiger partial charge in [0.1, 0.15) is 47.3 Å². The number of nitrogens with zero attached hydrogens (tertiary/aromatic N) is 12. The third-order valence-corrected chi connectivity index (χ3v) is 9.25. The fourth-order valence-electron chi connectivity index (χ4n) is 6.32. The number of halogens is 2. The highest BCUT2D eigenvalue weighted by Crippen LogP contribution is 2.34. The average Bonchev–Trinajstić information content (AvgIpc) is 4.04. The minimum absolute atomic E-state index is 0.0452. The van der Waals surface area contributed by atoms with Gasteiger partial charge in [-0.2, -0.15) is 0 Å². The van der Waals surface area contributed by atoms with Gasteiger partial charge in [0.15, 0.2) is 0 Å². The third-order valence-electron chi connectivity index (χ3n) is 9.25. The number of aromatic nitrogens is 10. The van der Waals surface area contributed by atoms with E-state index in [2.05, 4.69) is 40.5 Å². The molecule has 0 saturated carbocycles. The molecule has 0 atom stereocenters. The zero-order valence-electron chi connectivity index (χ0n) is 32.1. The number of benzene rings is 2. The second-order valence-electron chi connectivity index (χ2n) is 13.1. The summed E-state index contributed by atoms with van der Waals surface area (Å²) in [5.74, 6) is 0.430. The normalized spacial score (nSPS) is 10.9. The zero-order chi connectivity index (χ0) is 43.0. The predicted molar refractivity (Wildman–Crippen MR) is 223 cm³/mol. The van der Waals surface area contributed by atoms with Gasteiger partial charge in [-0.05, 0) is 36.4 Å². The first-order valence-corrected chi connectivity index (χ1v) is 18.7. The van der Waals surface area contributed by atoms with Gasteiger partial charge in [0, 0.05) is 73.5 Å². The van der Waals surface area contributed by atoms with Crippen LogP contribution in [0.2, 0.25) is 0 Å². The maximum atomic E-state index is 15.6. The molecule has 0 saturated heterocycles. The number of nitrogens with one attached hydrogen (secondary N) is 4. The summed E-state index contributed by atoms with van der Waals surface area (Å²) in [5, 5.41) is 32.2. The first kappa shape index (κ1) is 40.0. The van der Waals surface area contributed by atoms with Gasteiger partial charge < -0.3 is 20.6 Å². The number of hydrogen-bond donors (Lipinski definition) is 4. The molecule has 0 unspecified atom stereocenters. The number of hydrazine groups is 1. The Labute approximate surface area is 349 Å². The Kier molecular flexibility index (Phi) is 11.6. The van der Waals surface area contributed by atoms with E-state index in [-0.39, 0.29) is 72.0 Å². The topological polar surface area (TPSA) is 252 Å². The molecule has 22 heteroatoms. The molecular weight excluding hydrogens is 807 g/mol. The summed E-state index contributed by atoms with van der Waals surface area (Å²) in [7, 11) is 0. The van der Waals surface area contributed by atoms with Crippen molar-refractivity contribution in [2.24, 2.45) is 0 Å². The van der Waals surface area contributed by atoms with Crippen molar-refractivity contribution in [2.75, 3.05) is 46.8 Å². The molecule has 2 aromatic carbocycles. The molecule has 8 rings (SSSR count). The summed E-state index contributed by atoms with van der Waals surface area (Å²) in [4.78, 5) is 64.0. The first-order valence-electron chi connectivity index (χ1n) is 18.7. The van der Waals surface area contributed by atoms with Crippen molar-refractivity contribution in [1.82, 2.24) is 49.8 Å². The van der Waals surface area contributed by atoms with Crippen LogP contribution in [0.25, 0.3) is 45.3 Å². The van der Waals surface area contributed by atoms with Crippen molar-refractivity contribution < 1.29 is 18.6 Å². The monoisotopic (exact) mass is 838 g/mol. The molecule has 6 heterocycles. The lowest BCUT2D eigenvalue weighted by atomic mass is 10.1. The molecular formula is C40H32F2N16O4. The zero-order valence-corrected chi connectivity index (χ0v) is 32.1. The van der Waals surface area contributed by atoms with Crippen LogP contribution in [0.5, 0.6) is 0 Å². The van der Waals surface area contributed by atoms with Gasteiger partial charge in [0.2, 0.25) is 11.9 Å². The smallest absolute Gasteiger partial charge is 0.287 e. The van der Waals surface area contributed by atoms with Crippen molar-refractivity contribution in [2.45, 2.75) is 0 Å². The largest absolute Gasteiger partial charge is 0.368 e. The quantitative estimate of drug-likeness (QED) is 0.0549. The Balaban J connectivity index is 1.26. The lowest BCUT2D eigenvalue weighted by Crippen LogP contribution is -2.49. The van der Waals surface area contributed by atoms with Crippen molar-refractivity contribution >= 4 is 34.9 Å². The van der Waals surface area contributed by atoms with Crippen LogP contribution in [-0.2, 0) is 0 Å². The second kappa shape index (κ2) is 18.0. The molecule has 0 aliphatic heterocycles. The van der Waals surface area contributed by atoms with Crippen LogP contribution in [0, 0.1) is 31.9 Å². The molecule has 0 aliphatic carbocycles. The van der Waals surface area contributed by atoms with Crippen LogP contribution in [-0.4, -0.2) is 85.9 Å². The van der Waals surface area contributed by atoms with Crippen LogP contribution < -0.4 is 20.7 Å². The number of pyridine rings is 2. The molecule has 0 amide bonds. The molecule has 4 N–H and O–H groups in total. The number of rotatable bonds is 17. The molecule has 0 fully saturated rings. The van der Waals surface area contributed by atoms with Crippen molar-refractivity contribution in [1.29, 1.82) is 0 Å². The second-order valence-corrected chi connectivity index (χ2v) is 13.1. The predicted octanol–water partition coefficient (Wildman–Crippen LogP) is 6.72. The van der Waals surface area contributed by atoms with E-state index in [0.717, 1.165) is 12.4 Å². The van der Waals surface area contributed by atoms with Gasteiger partial charge in [-0.25, -0.2) is 58.7 Å². The SMILES string of the molecule is O=[N+]([O-])c1ccc(NCCN(c2ncc(-c3ncc[nH]3)c(-c3ccccc3F)n2)N(CCNc2ccc([N+](=O)[O-])cn2)c2ncc(-c3ncc[nH]3)c(-c3ccccc3F)n2)nc1. The number of imidazole rings is 2. The van der Waals surface area contributed by atoms with E-state index in [9.17, 15) is 20.2 Å². The molecule has 0 radical (unpaired) electrons. The molecule has 0 aliphatic rings. The van der Waals surface area contributed by atoms with E-state index in [1.807, 2.05) is 0 Å². The van der Waals surface area contributed by atoms with Crippen molar-refractivity contribution in [3.8, 4) is 45.3 Å². The fraction of sp³-hybridized carbons (Fsp3) is 0.100. The van der Waals surface area contributed by atoms with Crippen molar-refractivity contribution in [3.05, 3.63) is 154 Å². The number of hydrogen-bond acceptors (Lipinski definition) is 16. The van der Waals surface area contributed by atoms with E-state index in [1.165, 1.54) is 48.8 Å². The summed E-state index contributed by atoms with van der Waals surface area (Å²) >= 11 is 0. The van der Waals surface area contributed by atoms with Gasteiger partial charge in [-0.3, -0.25) is 20.2 Å². The Bertz CT molecular complexity index is 2620. The Hall–Kier alpha value is -8.82. The van der Waals surface area contributed by atoms with Crippen LogP contribution >= 0.6 is 0 Å². The summed E-state index contributed by atoms with van der Waals surface area (Å²) in [5.41, 5.74) is 1.14. The van der Waals surface area contributed by atoms with Gasteiger partial charge in [0.05, 0.1) is 45.5 Å². The van der Waals surface area contributed by atoms with Gasteiger partial charge in [0.25, 0.3) is 11.4 Å². The number of nitro groups is 2. The van der Waals surface area contributed by atoms with Crippen LogP contribution in [0.1, 0.15) is 0 Å². The standard InChI is InChI=1S/C40H32F2N16O4/c41-31-7-3-1-5-27(31)35-29(37-45-13-14-46-37)23-51-39(53-35)55(19-17-43-33-11-9-25(21-49-33)57(59)60)56(20-18-44-34-12-10-26(22-50-34)58(61)62)40-52-24-30(38-47-15-16-48-38)36(54-40)28-6-2-4-8-32(28)42/h1-16,21-24H,17-20H2,(H,43,49)(H,44,50)(H,45,46)(H,47,48). The molecule has 0 spiro atoms. The molecule has 8 aromatic rings. The van der Waals surface area contributed by atoms with Gasteiger partial charge >= 0.3 is 0 Å².